The number of hydrogen-bond donors (Lipinski definition) is 3. The maximum Gasteiger partial charge on any atom is 0.251 e. The van der Waals surface area contributed by atoms with E-state index in [2.05, 4.69) is 25.5 Å². The van der Waals surface area contributed by atoms with Crippen molar-refractivity contribution in [2.24, 2.45) is 0 Å². The Morgan fingerprint density at radius 1 is 1.04 bits per heavy atom. The number of rotatable bonds is 5. The van der Waals surface area contributed by atoms with Crippen LogP contribution in [-0.4, -0.2) is 32.6 Å². The molecule has 0 saturated carbocycles. The van der Waals surface area contributed by atoms with E-state index in [0.29, 0.717) is 18.5 Å². The molecule has 3 heterocycles. The van der Waals surface area contributed by atoms with Crippen molar-refractivity contribution >= 4 is 16.8 Å². The molecule has 4 aromatic rings. The molecule has 0 aliphatic heterocycles. The van der Waals surface area contributed by atoms with Gasteiger partial charge in [-0.05, 0) is 36.4 Å². The van der Waals surface area contributed by atoms with Crippen molar-refractivity contribution in [3.05, 3.63) is 72.2 Å². The van der Waals surface area contributed by atoms with Crippen LogP contribution in [-0.2, 0) is 6.42 Å². The molecule has 0 spiro atoms. The van der Waals surface area contributed by atoms with Gasteiger partial charge in [-0.1, -0.05) is 12.1 Å². The third-order valence-corrected chi connectivity index (χ3v) is 4.09. The number of nitrogens with zero attached hydrogens (tertiary/aromatic N) is 2. The normalized spacial score (nSPS) is 10.9. The minimum absolute atomic E-state index is 0.0864. The van der Waals surface area contributed by atoms with E-state index in [1.165, 1.54) is 0 Å². The number of carbonyl (C=O) groups is 1. The molecule has 0 fully saturated rings. The Hall–Kier alpha value is -3.41. The van der Waals surface area contributed by atoms with Crippen molar-refractivity contribution in [3.63, 3.8) is 0 Å². The van der Waals surface area contributed by atoms with Gasteiger partial charge in [0.2, 0.25) is 0 Å². The van der Waals surface area contributed by atoms with Gasteiger partial charge in [-0.3, -0.25) is 14.9 Å². The van der Waals surface area contributed by atoms with Gasteiger partial charge in [0, 0.05) is 47.5 Å². The number of nitrogens with one attached hydrogen (secondary N) is 3. The highest BCUT2D eigenvalue weighted by Crippen LogP contribution is 2.25. The van der Waals surface area contributed by atoms with Crippen LogP contribution < -0.4 is 5.32 Å². The molecule has 3 aromatic heterocycles. The maximum absolute atomic E-state index is 12.6. The number of pyridine rings is 1. The first kappa shape index (κ1) is 15.1. The summed E-state index contributed by atoms with van der Waals surface area (Å²) in [6.45, 7) is 0.546. The van der Waals surface area contributed by atoms with Crippen molar-refractivity contribution in [1.29, 1.82) is 0 Å². The lowest BCUT2D eigenvalue weighted by Gasteiger charge is -2.06. The minimum Gasteiger partial charge on any atom is -0.353 e. The van der Waals surface area contributed by atoms with Crippen LogP contribution in [0.4, 0.5) is 0 Å². The lowest BCUT2D eigenvalue weighted by molar-refractivity contribution is 0.0955. The Bertz CT molecular complexity index is 989. The van der Waals surface area contributed by atoms with Crippen LogP contribution in [0.25, 0.3) is 22.3 Å². The summed E-state index contributed by atoms with van der Waals surface area (Å²) in [6.07, 6.45) is 4.16. The molecule has 6 heteroatoms. The molecule has 3 N–H and O–H groups in total. The second-order valence-electron chi connectivity index (χ2n) is 5.75. The lowest BCUT2D eigenvalue weighted by atomic mass is 10.1. The first-order chi connectivity index (χ1) is 12.3. The predicted octanol–water partition coefficient (Wildman–Crippen LogP) is 2.93. The molecular formula is C19H17N5O. The molecule has 0 saturated heterocycles. The van der Waals surface area contributed by atoms with Gasteiger partial charge in [-0.25, -0.2) is 0 Å². The zero-order valence-corrected chi connectivity index (χ0v) is 13.5. The van der Waals surface area contributed by atoms with Crippen molar-refractivity contribution in [2.45, 2.75) is 6.42 Å². The number of H-pyrrole nitrogens is 2. The first-order valence-electron chi connectivity index (χ1n) is 8.11. The number of carbonyl (C=O) groups excluding carboxylic acids is 1. The topological polar surface area (TPSA) is 86.5 Å². The van der Waals surface area contributed by atoms with Crippen molar-refractivity contribution in [2.75, 3.05) is 6.54 Å². The average molecular weight is 331 g/mol. The van der Waals surface area contributed by atoms with Crippen LogP contribution in [0.1, 0.15) is 16.1 Å². The smallest absolute Gasteiger partial charge is 0.251 e. The quantitative estimate of drug-likeness (QED) is 0.525. The highest BCUT2D eigenvalue weighted by atomic mass is 16.1. The molecule has 4 rings (SSSR count). The summed E-state index contributed by atoms with van der Waals surface area (Å²) in [6, 6.07) is 15.3. The fourth-order valence-electron chi connectivity index (χ4n) is 2.85. The average Bonchev–Trinajstić information content (AvgIpc) is 3.31. The zero-order valence-electron chi connectivity index (χ0n) is 13.5. The zero-order chi connectivity index (χ0) is 17.1. The van der Waals surface area contributed by atoms with Crippen LogP contribution in [0.2, 0.25) is 0 Å². The van der Waals surface area contributed by atoms with E-state index in [-0.39, 0.29) is 5.91 Å². The molecule has 6 nitrogen and oxygen atoms in total. The Morgan fingerprint density at radius 3 is 2.80 bits per heavy atom. The Morgan fingerprint density at radius 2 is 2.00 bits per heavy atom. The fraction of sp³-hybridized carbons (Fsp3) is 0.105. The second-order valence-corrected chi connectivity index (χ2v) is 5.75. The summed E-state index contributed by atoms with van der Waals surface area (Å²) in [4.78, 5) is 20.2. The second kappa shape index (κ2) is 6.60. The van der Waals surface area contributed by atoms with Crippen LogP contribution in [0.3, 0.4) is 0 Å². The highest BCUT2D eigenvalue weighted by Gasteiger charge is 2.13. The van der Waals surface area contributed by atoms with E-state index in [9.17, 15) is 4.79 Å². The first-order valence-corrected chi connectivity index (χ1v) is 8.11. The molecule has 1 amide bonds. The summed E-state index contributed by atoms with van der Waals surface area (Å²) in [5.74, 6) is -0.0864. The van der Waals surface area contributed by atoms with Crippen molar-refractivity contribution < 1.29 is 4.79 Å². The fourth-order valence-corrected chi connectivity index (χ4v) is 2.85. The van der Waals surface area contributed by atoms with Gasteiger partial charge in [0.15, 0.2) is 0 Å². The van der Waals surface area contributed by atoms with Gasteiger partial charge < -0.3 is 10.3 Å². The number of fused-ring (bicyclic) bond motifs is 1. The predicted molar refractivity (Wildman–Crippen MR) is 96.2 cm³/mol. The van der Waals surface area contributed by atoms with Crippen LogP contribution >= 0.6 is 0 Å². The molecule has 0 aliphatic carbocycles. The number of benzene rings is 1. The van der Waals surface area contributed by atoms with Crippen LogP contribution in [0.15, 0.2) is 60.9 Å². The lowest BCUT2D eigenvalue weighted by Crippen LogP contribution is -2.26. The number of aromatic amines is 2. The monoisotopic (exact) mass is 331 g/mol. The molecule has 0 radical (unpaired) electrons. The largest absolute Gasteiger partial charge is 0.353 e. The number of aromatic nitrogens is 4. The number of amides is 1. The molecule has 1 aromatic carbocycles. The molecular weight excluding hydrogens is 314 g/mol. The van der Waals surface area contributed by atoms with E-state index in [4.69, 9.17) is 0 Å². The van der Waals surface area contributed by atoms with E-state index < -0.39 is 0 Å². The van der Waals surface area contributed by atoms with Crippen LogP contribution in [0, 0.1) is 0 Å². The van der Waals surface area contributed by atoms with Crippen LogP contribution in [0.5, 0.6) is 0 Å². The molecule has 0 unspecified atom stereocenters. The number of hydrogen-bond acceptors (Lipinski definition) is 3. The van der Waals surface area contributed by atoms with Crippen molar-refractivity contribution in [3.8, 4) is 11.4 Å². The Kier molecular flexibility index (Phi) is 4.00. The minimum atomic E-state index is -0.0864. The maximum atomic E-state index is 12.6. The third kappa shape index (κ3) is 3.14. The summed E-state index contributed by atoms with van der Waals surface area (Å²) in [7, 11) is 0. The van der Waals surface area contributed by atoms with Gasteiger partial charge in [0.1, 0.15) is 0 Å². The SMILES string of the molecule is O=C(NCCc1ccccn1)c1cccc2[nH]c(-c3ccn[nH]3)cc12. The Balaban J connectivity index is 1.53. The molecule has 124 valence electrons. The molecule has 0 aliphatic rings. The van der Waals surface area contributed by atoms with E-state index >= 15 is 0 Å². The molecule has 25 heavy (non-hydrogen) atoms. The van der Waals surface area contributed by atoms with Gasteiger partial charge in [0.05, 0.1) is 11.4 Å². The summed E-state index contributed by atoms with van der Waals surface area (Å²) >= 11 is 0. The van der Waals surface area contributed by atoms with E-state index in [0.717, 1.165) is 28.0 Å². The summed E-state index contributed by atoms with van der Waals surface area (Å²) < 4.78 is 0. The van der Waals surface area contributed by atoms with Gasteiger partial charge in [0.25, 0.3) is 5.91 Å². The van der Waals surface area contributed by atoms with Gasteiger partial charge in [-0.15, -0.1) is 0 Å². The Labute approximate surface area is 144 Å². The van der Waals surface area contributed by atoms with E-state index in [1.54, 1.807) is 12.4 Å². The molecule has 0 bridgehead atoms. The summed E-state index contributed by atoms with van der Waals surface area (Å²) in [5.41, 5.74) is 4.32. The molecule has 0 atom stereocenters. The third-order valence-electron chi connectivity index (χ3n) is 4.09. The highest BCUT2D eigenvalue weighted by molar-refractivity contribution is 6.07. The van der Waals surface area contributed by atoms with Crippen molar-refractivity contribution in [1.82, 2.24) is 25.5 Å². The summed E-state index contributed by atoms with van der Waals surface area (Å²) in [5, 5.41) is 10.8. The van der Waals surface area contributed by atoms with Gasteiger partial charge >= 0.3 is 0 Å². The van der Waals surface area contributed by atoms with Gasteiger partial charge in [-0.2, -0.15) is 5.10 Å². The van der Waals surface area contributed by atoms with E-state index in [1.807, 2.05) is 48.5 Å². The standard InChI is InChI=1S/C19H17N5O/c25-19(21-10-7-13-4-1-2-9-20-13)14-5-3-6-16-15(14)12-18(23-16)17-8-11-22-24-17/h1-6,8-9,11-12,23H,7,10H2,(H,21,25)(H,22,24).